The average Bonchev–Trinajstić information content (AvgIpc) is 3.00. The molecule has 5 nitrogen and oxygen atoms in total. The number of hydrogen-bond acceptors (Lipinski definition) is 4. The molecule has 0 bridgehead atoms. The number of ether oxygens (including phenoxy) is 1. The summed E-state index contributed by atoms with van der Waals surface area (Å²) in [5.74, 6) is 0.701. The van der Waals surface area contributed by atoms with Crippen LogP contribution in [0.1, 0.15) is 46.3 Å². The molecule has 23 heavy (non-hydrogen) atoms. The molecule has 1 saturated heterocycles. The lowest BCUT2D eigenvalue weighted by molar-refractivity contribution is -0.0272. The summed E-state index contributed by atoms with van der Waals surface area (Å²) in [4.78, 5) is 12.1. The Balaban J connectivity index is 1.64. The van der Waals surface area contributed by atoms with Crippen LogP contribution in [-0.2, 0) is 4.74 Å². The minimum Gasteiger partial charge on any atom is -0.373 e. The van der Waals surface area contributed by atoms with Gasteiger partial charge in [-0.2, -0.15) is 0 Å². The number of carbonyl (C=O) groups excluding carboxylic acids is 1. The van der Waals surface area contributed by atoms with Gasteiger partial charge < -0.3 is 14.6 Å². The predicted molar refractivity (Wildman–Crippen MR) is 86.2 cm³/mol. The number of aryl methyl sites for hydroxylation is 2. The number of aromatic nitrogens is 1. The van der Waals surface area contributed by atoms with Gasteiger partial charge in [0.2, 0.25) is 0 Å². The number of hydrogen-bond donors (Lipinski definition) is 1. The van der Waals surface area contributed by atoms with E-state index in [0.29, 0.717) is 18.0 Å². The van der Waals surface area contributed by atoms with Crippen molar-refractivity contribution in [1.82, 2.24) is 10.5 Å². The molecule has 0 saturated carbocycles. The summed E-state index contributed by atoms with van der Waals surface area (Å²) < 4.78 is 10.9. The molecule has 2 atom stereocenters. The summed E-state index contributed by atoms with van der Waals surface area (Å²) in [7, 11) is 0. The van der Waals surface area contributed by atoms with Crippen LogP contribution < -0.4 is 5.32 Å². The topological polar surface area (TPSA) is 64.4 Å². The maximum Gasteiger partial charge on any atom is 0.273 e. The van der Waals surface area contributed by atoms with Crippen LogP contribution in [0.25, 0.3) is 0 Å². The number of rotatable bonds is 4. The zero-order chi connectivity index (χ0) is 16.2. The molecule has 1 aliphatic heterocycles. The van der Waals surface area contributed by atoms with Gasteiger partial charge in [-0.25, -0.2) is 0 Å². The highest BCUT2D eigenvalue weighted by Crippen LogP contribution is 2.33. The summed E-state index contributed by atoms with van der Waals surface area (Å²) in [6.07, 6.45) is 2.09. The van der Waals surface area contributed by atoms with Crippen molar-refractivity contribution in [1.29, 1.82) is 0 Å². The number of amides is 1. The lowest BCUT2D eigenvalue weighted by Gasteiger charge is -2.32. The smallest absolute Gasteiger partial charge is 0.273 e. The number of carbonyl (C=O) groups is 1. The van der Waals surface area contributed by atoms with Crippen molar-refractivity contribution in [3.63, 3.8) is 0 Å². The molecule has 3 rings (SSSR count). The summed E-state index contributed by atoms with van der Waals surface area (Å²) in [5.41, 5.74) is 2.73. The van der Waals surface area contributed by atoms with Crippen molar-refractivity contribution in [3.05, 3.63) is 52.9 Å². The van der Waals surface area contributed by atoms with Gasteiger partial charge in [0, 0.05) is 25.1 Å². The highest BCUT2D eigenvalue weighted by atomic mass is 16.5. The first-order chi connectivity index (χ1) is 11.1. The second-order valence-corrected chi connectivity index (χ2v) is 6.14. The monoisotopic (exact) mass is 314 g/mol. The Kier molecular flexibility index (Phi) is 4.76. The third-order valence-corrected chi connectivity index (χ3v) is 4.24. The number of nitrogens with one attached hydrogen (secondary N) is 1. The summed E-state index contributed by atoms with van der Waals surface area (Å²) >= 11 is 0. The van der Waals surface area contributed by atoms with Gasteiger partial charge in [0.1, 0.15) is 5.76 Å². The van der Waals surface area contributed by atoms with Crippen molar-refractivity contribution in [2.45, 2.75) is 32.8 Å². The molecule has 0 unspecified atom stereocenters. The number of nitrogens with zero attached hydrogens (tertiary/aromatic N) is 1. The molecule has 5 heteroatoms. The van der Waals surface area contributed by atoms with E-state index < -0.39 is 0 Å². The van der Waals surface area contributed by atoms with Gasteiger partial charge in [0.25, 0.3) is 5.91 Å². The molecular formula is C18H22N2O3. The first-order valence-corrected chi connectivity index (χ1v) is 8.03. The molecule has 1 N–H and O–H groups in total. The molecule has 1 aromatic heterocycles. The van der Waals surface area contributed by atoms with Gasteiger partial charge >= 0.3 is 0 Å². The Bertz CT molecular complexity index is 663. The number of benzene rings is 1. The van der Waals surface area contributed by atoms with Crippen LogP contribution >= 0.6 is 0 Å². The van der Waals surface area contributed by atoms with Crippen LogP contribution in [0, 0.1) is 19.8 Å². The van der Waals surface area contributed by atoms with E-state index in [1.54, 1.807) is 13.0 Å². The average molecular weight is 314 g/mol. The van der Waals surface area contributed by atoms with Crippen molar-refractivity contribution < 1.29 is 14.1 Å². The zero-order valence-corrected chi connectivity index (χ0v) is 13.5. The second-order valence-electron chi connectivity index (χ2n) is 6.14. The maximum atomic E-state index is 12.1. The standard InChI is InChI=1S/C18H22N2O3/c1-12-5-7-14(8-6-12)17-15(4-3-9-22-17)11-19-18(21)16-10-13(2)23-20-16/h5-8,10,15,17H,3-4,9,11H2,1-2H3,(H,19,21)/t15-,17-/m0/s1. The molecule has 1 amide bonds. The first kappa shape index (κ1) is 15.7. The van der Waals surface area contributed by atoms with Crippen molar-refractivity contribution in [3.8, 4) is 0 Å². The van der Waals surface area contributed by atoms with Crippen LogP contribution in [0.5, 0.6) is 0 Å². The Morgan fingerprint density at radius 3 is 2.78 bits per heavy atom. The molecule has 0 spiro atoms. The molecule has 1 aromatic carbocycles. The van der Waals surface area contributed by atoms with Crippen molar-refractivity contribution >= 4 is 5.91 Å². The fourth-order valence-corrected chi connectivity index (χ4v) is 2.96. The van der Waals surface area contributed by atoms with Gasteiger partial charge in [0.05, 0.1) is 6.10 Å². The Hall–Kier alpha value is -2.14. The van der Waals surface area contributed by atoms with Crippen LogP contribution in [-0.4, -0.2) is 24.2 Å². The zero-order valence-electron chi connectivity index (χ0n) is 13.5. The van der Waals surface area contributed by atoms with Gasteiger partial charge in [-0.05, 0) is 32.3 Å². The fraction of sp³-hybridized carbons (Fsp3) is 0.444. The van der Waals surface area contributed by atoms with Crippen molar-refractivity contribution in [2.75, 3.05) is 13.2 Å². The van der Waals surface area contributed by atoms with E-state index in [9.17, 15) is 4.79 Å². The van der Waals surface area contributed by atoms with E-state index in [-0.39, 0.29) is 17.9 Å². The van der Waals surface area contributed by atoms with Crippen LogP contribution in [0.4, 0.5) is 0 Å². The van der Waals surface area contributed by atoms with E-state index in [4.69, 9.17) is 9.26 Å². The molecular weight excluding hydrogens is 292 g/mol. The lowest BCUT2D eigenvalue weighted by atomic mass is 9.89. The van der Waals surface area contributed by atoms with E-state index >= 15 is 0 Å². The SMILES string of the molecule is Cc1ccc([C@@H]2OCCC[C@H]2CNC(=O)c2cc(C)on2)cc1. The highest BCUT2D eigenvalue weighted by molar-refractivity contribution is 5.92. The van der Waals surface area contributed by atoms with E-state index in [0.717, 1.165) is 19.4 Å². The highest BCUT2D eigenvalue weighted by Gasteiger charge is 2.28. The van der Waals surface area contributed by atoms with E-state index in [2.05, 4.69) is 41.7 Å². The Morgan fingerprint density at radius 1 is 1.30 bits per heavy atom. The molecule has 1 aliphatic rings. The summed E-state index contributed by atoms with van der Waals surface area (Å²) in [5, 5.41) is 6.70. The van der Waals surface area contributed by atoms with Crippen LogP contribution in [0.15, 0.2) is 34.9 Å². The molecule has 0 aliphatic carbocycles. The Morgan fingerprint density at radius 2 is 2.09 bits per heavy atom. The van der Waals surface area contributed by atoms with Crippen molar-refractivity contribution in [2.24, 2.45) is 5.92 Å². The molecule has 1 fully saturated rings. The van der Waals surface area contributed by atoms with Crippen LogP contribution in [0.3, 0.4) is 0 Å². The third-order valence-electron chi connectivity index (χ3n) is 4.24. The fourth-order valence-electron chi connectivity index (χ4n) is 2.96. The van der Waals surface area contributed by atoms with E-state index in [1.165, 1.54) is 11.1 Å². The lowest BCUT2D eigenvalue weighted by Crippen LogP contribution is -2.35. The second kappa shape index (κ2) is 6.96. The largest absolute Gasteiger partial charge is 0.373 e. The summed E-state index contributed by atoms with van der Waals surface area (Å²) in [6.45, 7) is 5.18. The van der Waals surface area contributed by atoms with Crippen LogP contribution in [0.2, 0.25) is 0 Å². The molecule has 2 aromatic rings. The third kappa shape index (κ3) is 3.79. The molecule has 122 valence electrons. The van der Waals surface area contributed by atoms with Gasteiger partial charge in [-0.3, -0.25) is 4.79 Å². The minimum absolute atomic E-state index is 0.0312. The summed E-state index contributed by atoms with van der Waals surface area (Å²) in [6, 6.07) is 10.1. The van der Waals surface area contributed by atoms with Gasteiger partial charge in [-0.1, -0.05) is 35.0 Å². The van der Waals surface area contributed by atoms with E-state index in [1.807, 2.05) is 0 Å². The molecule has 2 heterocycles. The predicted octanol–water partition coefficient (Wildman–Crippen LogP) is 3.19. The molecule has 0 radical (unpaired) electrons. The minimum atomic E-state index is -0.199. The van der Waals surface area contributed by atoms with Gasteiger partial charge in [0.15, 0.2) is 5.69 Å². The first-order valence-electron chi connectivity index (χ1n) is 8.03. The Labute approximate surface area is 136 Å². The normalized spacial score (nSPS) is 21.1. The quantitative estimate of drug-likeness (QED) is 0.941. The van der Waals surface area contributed by atoms with Gasteiger partial charge in [-0.15, -0.1) is 0 Å². The maximum absolute atomic E-state index is 12.1.